The summed E-state index contributed by atoms with van der Waals surface area (Å²) < 4.78 is 28.2. The highest BCUT2D eigenvalue weighted by Crippen LogP contribution is 2.26. The van der Waals surface area contributed by atoms with Gasteiger partial charge in [0.15, 0.2) is 0 Å². The van der Waals surface area contributed by atoms with Crippen LogP contribution in [0.4, 0.5) is 5.69 Å². The summed E-state index contributed by atoms with van der Waals surface area (Å²) in [6.45, 7) is 3.60. The van der Waals surface area contributed by atoms with Crippen molar-refractivity contribution in [2.24, 2.45) is 0 Å². The Morgan fingerprint density at radius 3 is 2.47 bits per heavy atom. The Balaban J connectivity index is 2.94. The molecule has 0 saturated heterocycles. The molecule has 0 aromatic heterocycles. The number of halogens is 2. The van der Waals surface area contributed by atoms with Gasteiger partial charge >= 0.3 is 10.2 Å². The SMILES string of the molecule is CC(C)N(C)S(=O)(=O)Nc1ccc(Br)c(Cl)c1. The minimum Gasteiger partial charge on any atom is -0.271 e. The Hall–Kier alpha value is -0.300. The lowest BCUT2D eigenvalue weighted by Crippen LogP contribution is -2.37. The average molecular weight is 342 g/mol. The van der Waals surface area contributed by atoms with Gasteiger partial charge in [0, 0.05) is 17.6 Å². The molecule has 0 aliphatic heterocycles. The number of rotatable bonds is 4. The molecule has 1 aromatic rings. The van der Waals surface area contributed by atoms with E-state index in [1.165, 1.54) is 11.4 Å². The van der Waals surface area contributed by atoms with Crippen molar-refractivity contribution in [3.8, 4) is 0 Å². The van der Waals surface area contributed by atoms with E-state index in [-0.39, 0.29) is 6.04 Å². The molecule has 0 aliphatic rings. The monoisotopic (exact) mass is 340 g/mol. The van der Waals surface area contributed by atoms with Gasteiger partial charge in [0.25, 0.3) is 0 Å². The first-order chi connectivity index (χ1) is 7.74. The van der Waals surface area contributed by atoms with Crippen molar-refractivity contribution in [2.75, 3.05) is 11.8 Å². The van der Waals surface area contributed by atoms with Gasteiger partial charge in [0.1, 0.15) is 0 Å². The van der Waals surface area contributed by atoms with Gasteiger partial charge in [-0.2, -0.15) is 12.7 Å². The van der Waals surface area contributed by atoms with E-state index in [4.69, 9.17) is 11.6 Å². The largest absolute Gasteiger partial charge is 0.301 e. The van der Waals surface area contributed by atoms with E-state index in [1.807, 2.05) is 0 Å². The fourth-order valence-corrected chi connectivity index (χ4v) is 2.61. The molecule has 7 heteroatoms. The molecule has 0 spiro atoms. The average Bonchev–Trinajstić information content (AvgIpc) is 2.22. The summed E-state index contributed by atoms with van der Waals surface area (Å²) in [5.41, 5.74) is 0.436. The molecule has 0 saturated carbocycles. The van der Waals surface area contributed by atoms with Gasteiger partial charge in [-0.15, -0.1) is 0 Å². The third kappa shape index (κ3) is 3.84. The number of benzene rings is 1. The van der Waals surface area contributed by atoms with Crippen LogP contribution in [0.15, 0.2) is 22.7 Å². The minimum atomic E-state index is -3.53. The molecule has 96 valence electrons. The molecule has 17 heavy (non-hydrogen) atoms. The van der Waals surface area contributed by atoms with Crippen LogP contribution in [0.3, 0.4) is 0 Å². The van der Waals surface area contributed by atoms with Crippen LogP contribution in [0.25, 0.3) is 0 Å². The maximum atomic E-state index is 11.9. The van der Waals surface area contributed by atoms with Gasteiger partial charge in [-0.1, -0.05) is 11.6 Å². The van der Waals surface area contributed by atoms with Crippen LogP contribution in [0.5, 0.6) is 0 Å². The zero-order valence-electron chi connectivity index (χ0n) is 9.74. The molecular formula is C10H14BrClN2O2S. The van der Waals surface area contributed by atoms with E-state index in [1.54, 1.807) is 32.0 Å². The Labute approximate surface area is 115 Å². The predicted octanol–water partition coefficient (Wildman–Crippen LogP) is 3.10. The molecule has 4 nitrogen and oxygen atoms in total. The summed E-state index contributed by atoms with van der Waals surface area (Å²) in [5.74, 6) is 0. The van der Waals surface area contributed by atoms with Crippen LogP contribution < -0.4 is 4.72 Å². The van der Waals surface area contributed by atoms with Crippen LogP contribution in [0, 0.1) is 0 Å². The third-order valence-corrected chi connectivity index (χ3v) is 5.18. The van der Waals surface area contributed by atoms with Crippen molar-refractivity contribution in [1.82, 2.24) is 4.31 Å². The second kappa shape index (κ2) is 5.56. The quantitative estimate of drug-likeness (QED) is 0.915. The van der Waals surface area contributed by atoms with E-state index in [0.717, 1.165) is 4.47 Å². The molecule has 0 heterocycles. The molecule has 0 bridgehead atoms. The molecule has 0 unspecified atom stereocenters. The number of hydrogen-bond donors (Lipinski definition) is 1. The van der Waals surface area contributed by atoms with Crippen molar-refractivity contribution in [3.63, 3.8) is 0 Å². The van der Waals surface area contributed by atoms with Crippen molar-refractivity contribution < 1.29 is 8.42 Å². The number of hydrogen-bond acceptors (Lipinski definition) is 2. The van der Waals surface area contributed by atoms with Gasteiger partial charge in [0.2, 0.25) is 0 Å². The summed E-state index contributed by atoms with van der Waals surface area (Å²) in [6.07, 6.45) is 0. The molecule has 1 rings (SSSR count). The molecule has 0 radical (unpaired) electrons. The first-order valence-electron chi connectivity index (χ1n) is 4.95. The molecule has 0 fully saturated rings. The Kier molecular flexibility index (Phi) is 4.83. The lowest BCUT2D eigenvalue weighted by molar-refractivity contribution is 0.414. The van der Waals surface area contributed by atoms with Crippen LogP contribution in [0.1, 0.15) is 13.8 Å². The fourth-order valence-electron chi connectivity index (χ4n) is 1.06. The molecule has 0 aliphatic carbocycles. The van der Waals surface area contributed by atoms with E-state index < -0.39 is 10.2 Å². The zero-order valence-corrected chi connectivity index (χ0v) is 12.9. The number of anilines is 1. The van der Waals surface area contributed by atoms with Gasteiger partial charge < -0.3 is 0 Å². The normalized spacial score (nSPS) is 12.2. The lowest BCUT2D eigenvalue weighted by Gasteiger charge is -2.21. The van der Waals surface area contributed by atoms with Gasteiger partial charge in [-0.25, -0.2) is 0 Å². The zero-order chi connectivity index (χ0) is 13.2. The van der Waals surface area contributed by atoms with Crippen LogP contribution in [-0.4, -0.2) is 25.8 Å². The number of nitrogens with one attached hydrogen (secondary N) is 1. The van der Waals surface area contributed by atoms with E-state index in [0.29, 0.717) is 10.7 Å². The van der Waals surface area contributed by atoms with E-state index >= 15 is 0 Å². The van der Waals surface area contributed by atoms with Crippen molar-refractivity contribution in [2.45, 2.75) is 19.9 Å². The Morgan fingerprint density at radius 1 is 1.41 bits per heavy atom. The second-order valence-corrected chi connectivity index (χ2v) is 6.84. The van der Waals surface area contributed by atoms with Crippen molar-refractivity contribution in [3.05, 3.63) is 27.7 Å². The topological polar surface area (TPSA) is 49.4 Å². The Morgan fingerprint density at radius 2 is 2.00 bits per heavy atom. The van der Waals surface area contributed by atoms with Crippen LogP contribution in [0.2, 0.25) is 5.02 Å². The first kappa shape index (κ1) is 14.8. The van der Waals surface area contributed by atoms with Crippen LogP contribution >= 0.6 is 27.5 Å². The predicted molar refractivity (Wildman–Crippen MR) is 74.6 cm³/mol. The highest BCUT2D eigenvalue weighted by molar-refractivity contribution is 9.10. The summed E-state index contributed by atoms with van der Waals surface area (Å²) >= 11 is 9.13. The molecular weight excluding hydrogens is 328 g/mol. The van der Waals surface area contributed by atoms with Crippen LogP contribution in [-0.2, 0) is 10.2 Å². The minimum absolute atomic E-state index is 0.113. The highest BCUT2D eigenvalue weighted by atomic mass is 79.9. The first-order valence-corrected chi connectivity index (χ1v) is 7.56. The van der Waals surface area contributed by atoms with E-state index in [2.05, 4.69) is 20.7 Å². The molecule has 0 amide bonds. The molecule has 0 atom stereocenters. The highest BCUT2D eigenvalue weighted by Gasteiger charge is 2.20. The molecule has 1 N–H and O–H groups in total. The maximum absolute atomic E-state index is 11.9. The fraction of sp³-hybridized carbons (Fsp3) is 0.400. The summed E-state index contributed by atoms with van der Waals surface area (Å²) in [6, 6.07) is 4.77. The standard InChI is InChI=1S/C10H14BrClN2O2S/c1-7(2)14(3)17(15,16)13-8-4-5-9(11)10(12)6-8/h4-7,13H,1-3H3. The third-order valence-electron chi connectivity index (χ3n) is 2.27. The second-order valence-electron chi connectivity index (χ2n) is 3.85. The molecule has 1 aromatic carbocycles. The maximum Gasteiger partial charge on any atom is 0.301 e. The van der Waals surface area contributed by atoms with E-state index in [9.17, 15) is 8.42 Å². The summed E-state index contributed by atoms with van der Waals surface area (Å²) in [4.78, 5) is 0. The summed E-state index contributed by atoms with van der Waals surface area (Å²) in [5, 5.41) is 0.456. The van der Waals surface area contributed by atoms with Gasteiger partial charge in [-0.05, 0) is 48.0 Å². The number of nitrogens with zero attached hydrogens (tertiary/aromatic N) is 1. The lowest BCUT2D eigenvalue weighted by atomic mass is 10.3. The van der Waals surface area contributed by atoms with Crippen molar-refractivity contribution in [1.29, 1.82) is 0 Å². The van der Waals surface area contributed by atoms with Gasteiger partial charge in [-0.3, -0.25) is 4.72 Å². The summed E-state index contributed by atoms with van der Waals surface area (Å²) in [7, 11) is -2.01. The Bertz CT molecular complexity index is 505. The smallest absolute Gasteiger partial charge is 0.271 e. The van der Waals surface area contributed by atoms with Gasteiger partial charge in [0.05, 0.1) is 10.7 Å². The van der Waals surface area contributed by atoms with Crippen molar-refractivity contribution >= 4 is 43.4 Å².